The molecule has 4 nitrogen and oxygen atoms in total. The Morgan fingerprint density at radius 2 is 1.46 bits per heavy atom. The molecule has 0 saturated carbocycles. The van der Waals surface area contributed by atoms with Crippen molar-refractivity contribution in [3.8, 4) is 0 Å². The molecule has 3 unspecified atom stereocenters. The molecular weight excluding hydrogens is 324 g/mol. The summed E-state index contributed by atoms with van der Waals surface area (Å²) in [5, 5.41) is 2.46. The molecule has 0 radical (unpaired) electrons. The maximum absolute atomic E-state index is 12.0. The van der Waals surface area contributed by atoms with Gasteiger partial charge in [-0.1, -0.05) is 84.5 Å². The van der Waals surface area contributed by atoms with Crippen molar-refractivity contribution in [2.24, 2.45) is 17.6 Å². The third kappa shape index (κ3) is 9.70. The highest BCUT2D eigenvalue weighted by molar-refractivity contribution is 6.03. The highest BCUT2D eigenvalue weighted by Gasteiger charge is 2.36. The van der Waals surface area contributed by atoms with E-state index in [1.165, 1.54) is 64.2 Å². The van der Waals surface area contributed by atoms with Crippen molar-refractivity contribution in [3.63, 3.8) is 0 Å². The summed E-state index contributed by atoms with van der Waals surface area (Å²) >= 11 is 0. The van der Waals surface area contributed by atoms with Crippen LogP contribution in [0.3, 0.4) is 0 Å². The van der Waals surface area contributed by atoms with Crippen molar-refractivity contribution >= 4 is 11.8 Å². The summed E-state index contributed by atoms with van der Waals surface area (Å²) in [6.07, 6.45) is 17.8. The van der Waals surface area contributed by atoms with Gasteiger partial charge >= 0.3 is 0 Å². The molecule has 0 aliphatic carbocycles. The third-order valence-electron chi connectivity index (χ3n) is 5.88. The van der Waals surface area contributed by atoms with E-state index in [2.05, 4.69) is 19.2 Å². The van der Waals surface area contributed by atoms with Crippen LogP contribution in [-0.4, -0.2) is 17.9 Å². The molecule has 1 heterocycles. The molecule has 0 aromatic rings. The van der Waals surface area contributed by atoms with Crippen LogP contribution in [0.5, 0.6) is 0 Å². The number of unbranched alkanes of at least 4 members (excludes halogenated alkanes) is 10. The fraction of sp³-hybridized carbons (Fsp3) is 0.909. The number of hydrogen-bond acceptors (Lipinski definition) is 3. The summed E-state index contributed by atoms with van der Waals surface area (Å²) in [5.74, 6) is -0.0847. The average molecular weight is 367 g/mol. The van der Waals surface area contributed by atoms with Crippen LogP contribution in [-0.2, 0) is 9.59 Å². The molecular formula is C22H42N2O2. The van der Waals surface area contributed by atoms with E-state index in [9.17, 15) is 9.59 Å². The van der Waals surface area contributed by atoms with Gasteiger partial charge in [-0.25, -0.2) is 0 Å². The van der Waals surface area contributed by atoms with Gasteiger partial charge in [0.15, 0.2) is 0 Å². The zero-order valence-electron chi connectivity index (χ0n) is 17.2. The summed E-state index contributed by atoms with van der Waals surface area (Å²) in [6, 6.07) is 0.135. The summed E-state index contributed by atoms with van der Waals surface area (Å²) in [7, 11) is 0. The lowest BCUT2D eigenvalue weighted by Crippen LogP contribution is -2.31. The SMILES string of the molecule is CCCCCCCCCCCCCC(CC(N)CC)C1CC(=O)NC1=O. The molecule has 1 saturated heterocycles. The topological polar surface area (TPSA) is 72.2 Å². The van der Waals surface area contributed by atoms with E-state index >= 15 is 0 Å². The van der Waals surface area contributed by atoms with Crippen LogP contribution in [0.15, 0.2) is 0 Å². The molecule has 3 N–H and O–H groups in total. The van der Waals surface area contributed by atoms with Crippen LogP contribution in [0.4, 0.5) is 0 Å². The van der Waals surface area contributed by atoms with E-state index in [4.69, 9.17) is 5.73 Å². The zero-order chi connectivity index (χ0) is 19.2. The second kappa shape index (κ2) is 14.2. The smallest absolute Gasteiger partial charge is 0.230 e. The minimum absolute atomic E-state index is 0.0774. The standard InChI is InChI=1S/C22H42N2O2/c1-3-5-6-7-8-9-10-11-12-13-14-15-18(16-19(23)4-2)20-17-21(25)24-22(20)26/h18-20H,3-17,23H2,1-2H3,(H,24,25,26). The van der Waals surface area contributed by atoms with Gasteiger partial charge in [-0.3, -0.25) is 14.9 Å². The molecule has 0 aromatic heterocycles. The number of nitrogens with one attached hydrogen (secondary N) is 1. The number of nitrogens with two attached hydrogens (primary N) is 1. The number of amides is 2. The second-order valence-electron chi connectivity index (χ2n) is 8.21. The fourth-order valence-corrected chi connectivity index (χ4v) is 4.06. The Morgan fingerprint density at radius 1 is 0.923 bits per heavy atom. The van der Waals surface area contributed by atoms with Crippen LogP contribution < -0.4 is 11.1 Å². The molecule has 152 valence electrons. The Hall–Kier alpha value is -0.900. The van der Waals surface area contributed by atoms with Gasteiger partial charge < -0.3 is 5.73 Å². The van der Waals surface area contributed by atoms with Gasteiger partial charge in [-0.2, -0.15) is 0 Å². The first-order chi connectivity index (χ1) is 12.6. The van der Waals surface area contributed by atoms with E-state index in [-0.39, 0.29) is 29.7 Å². The van der Waals surface area contributed by atoms with Crippen molar-refractivity contribution in [2.75, 3.05) is 0 Å². The van der Waals surface area contributed by atoms with E-state index < -0.39 is 0 Å². The molecule has 0 bridgehead atoms. The van der Waals surface area contributed by atoms with Gasteiger partial charge in [0.25, 0.3) is 0 Å². The molecule has 0 spiro atoms. The largest absolute Gasteiger partial charge is 0.328 e. The minimum atomic E-state index is -0.150. The maximum atomic E-state index is 12.0. The molecule has 4 heteroatoms. The molecule has 2 amide bonds. The van der Waals surface area contributed by atoms with Crippen molar-refractivity contribution < 1.29 is 9.59 Å². The number of imide groups is 1. The summed E-state index contributed by atoms with van der Waals surface area (Å²) in [4.78, 5) is 23.5. The number of rotatable bonds is 16. The van der Waals surface area contributed by atoms with E-state index in [0.29, 0.717) is 6.42 Å². The Balaban J connectivity index is 2.15. The third-order valence-corrected chi connectivity index (χ3v) is 5.88. The van der Waals surface area contributed by atoms with Gasteiger partial charge in [-0.05, 0) is 25.2 Å². The molecule has 1 fully saturated rings. The summed E-state index contributed by atoms with van der Waals surface area (Å²) < 4.78 is 0. The Kier molecular flexibility index (Phi) is 12.6. The van der Waals surface area contributed by atoms with Crippen molar-refractivity contribution in [3.05, 3.63) is 0 Å². The zero-order valence-corrected chi connectivity index (χ0v) is 17.2. The molecule has 26 heavy (non-hydrogen) atoms. The quantitative estimate of drug-likeness (QED) is 0.295. The first kappa shape index (κ1) is 23.1. The van der Waals surface area contributed by atoms with Gasteiger partial charge in [-0.15, -0.1) is 0 Å². The first-order valence-electron chi connectivity index (χ1n) is 11.2. The fourth-order valence-electron chi connectivity index (χ4n) is 4.06. The number of hydrogen-bond donors (Lipinski definition) is 2. The predicted octanol–water partition coefficient (Wildman–Crippen LogP) is 5.09. The lowest BCUT2D eigenvalue weighted by molar-refractivity contribution is -0.126. The maximum Gasteiger partial charge on any atom is 0.230 e. The van der Waals surface area contributed by atoms with Crippen molar-refractivity contribution in [2.45, 2.75) is 116 Å². The lowest BCUT2D eigenvalue weighted by Gasteiger charge is -2.24. The van der Waals surface area contributed by atoms with Crippen LogP contribution in [0.25, 0.3) is 0 Å². The minimum Gasteiger partial charge on any atom is -0.328 e. The van der Waals surface area contributed by atoms with Crippen LogP contribution in [0.2, 0.25) is 0 Å². The average Bonchev–Trinajstić information content (AvgIpc) is 2.96. The van der Waals surface area contributed by atoms with E-state index in [1.807, 2.05) is 0 Å². The van der Waals surface area contributed by atoms with Gasteiger partial charge in [0, 0.05) is 18.4 Å². The molecule has 1 rings (SSSR count). The molecule has 0 aromatic carbocycles. The molecule has 3 atom stereocenters. The van der Waals surface area contributed by atoms with E-state index in [1.54, 1.807) is 0 Å². The Morgan fingerprint density at radius 3 is 1.92 bits per heavy atom. The number of carbonyl (C=O) groups is 2. The molecule has 1 aliphatic heterocycles. The Labute approximate surface area is 161 Å². The summed E-state index contributed by atoms with van der Waals surface area (Å²) in [5.41, 5.74) is 6.13. The molecule has 1 aliphatic rings. The van der Waals surface area contributed by atoms with Gasteiger partial charge in [0.1, 0.15) is 0 Å². The lowest BCUT2D eigenvalue weighted by atomic mass is 9.81. The van der Waals surface area contributed by atoms with Gasteiger partial charge in [0.05, 0.1) is 0 Å². The van der Waals surface area contributed by atoms with Crippen molar-refractivity contribution in [1.82, 2.24) is 5.32 Å². The second-order valence-corrected chi connectivity index (χ2v) is 8.21. The monoisotopic (exact) mass is 366 g/mol. The number of carbonyl (C=O) groups excluding carboxylic acids is 2. The first-order valence-corrected chi connectivity index (χ1v) is 11.2. The normalized spacial score (nSPS) is 19.6. The summed E-state index contributed by atoms with van der Waals surface area (Å²) in [6.45, 7) is 4.35. The predicted molar refractivity (Wildman–Crippen MR) is 109 cm³/mol. The Bertz CT molecular complexity index is 398. The van der Waals surface area contributed by atoms with E-state index in [0.717, 1.165) is 25.7 Å². The van der Waals surface area contributed by atoms with Crippen LogP contribution >= 0.6 is 0 Å². The van der Waals surface area contributed by atoms with Crippen LogP contribution in [0.1, 0.15) is 110 Å². The van der Waals surface area contributed by atoms with Gasteiger partial charge in [0.2, 0.25) is 11.8 Å². The highest BCUT2D eigenvalue weighted by Crippen LogP contribution is 2.30. The van der Waals surface area contributed by atoms with Crippen LogP contribution in [0, 0.1) is 11.8 Å². The highest BCUT2D eigenvalue weighted by atomic mass is 16.2. The van der Waals surface area contributed by atoms with Crippen molar-refractivity contribution in [1.29, 1.82) is 0 Å².